The Morgan fingerprint density at radius 2 is 2.13 bits per heavy atom. The summed E-state index contributed by atoms with van der Waals surface area (Å²) in [5.41, 5.74) is 7.21. The van der Waals surface area contributed by atoms with E-state index in [9.17, 15) is 4.79 Å². The predicted octanol–water partition coefficient (Wildman–Crippen LogP) is 1.43. The van der Waals surface area contributed by atoms with E-state index in [0.717, 1.165) is 24.9 Å². The van der Waals surface area contributed by atoms with E-state index in [0.29, 0.717) is 13.0 Å². The number of nitrogens with two attached hydrogens (primary N) is 1. The molecule has 0 saturated carbocycles. The van der Waals surface area contributed by atoms with Gasteiger partial charge in [0.1, 0.15) is 12.7 Å². The maximum Gasteiger partial charge on any atom is 0.239 e. The number of benzene rings is 1. The first kappa shape index (κ1) is 17.4. The van der Waals surface area contributed by atoms with Crippen molar-refractivity contribution in [3.8, 4) is 0 Å². The molecule has 2 N–H and O–H groups in total. The second kappa shape index (κ2) is 8.08. The minimum atomic E-state index is -0.489. The van der Waals surface area contributed by atoms with Crippen molar-refractivity contribution < 1.29 is 4.79 Å². The van der Waals surface area contributed by atoms with E-state index in [1.807, 2.05) is 39.9 Å². The van der Waals surface area contributed by atoms with Gasteiger partial charge in [0.25, 0.3) is 0 Å². The molecule has 2 atom stereocenters. The number of carbonyl (C=O) groups excluding carboxylic acids is 1. The lowest BCUT2D eigenvalue weighted by molar-refractivity contribution is -0.134. The van der Waals surface area contributed by atoms with Crippen molar-refractivity contribution in [2.45, 2.75) is 31.3 Å². The Hall–Kier alpha value is -1.92. The zero-order valence-corrected chi connectivity index (χ0v) is 13.7. The van der Waals surface area contributed by atoms with Crippen LogP contribution in [0.4, 0.5) is 0 Å². The molecule has 1 unspecified atom stereocenters. The molecule has 0 aliphatic carbocycles. The summed E-state index contributed by atoms with van der Waals surface area (Å²) in [5, 5.41) is 4.18. The van der Waals surface area contributed by atoms with Crippen molar-refractivity contribution in [2.24, 2.45) is 5.73 Å². The fourth-order valence-electron chi connectivity index (χ4n) is 2.97. The molecule has 124 valence electrons. The average molecular weight is 336 g/mol. The maximum absolute atomic E-state index is 12.6. The van der Waals surface area contributed by atoms with E-state index in [4.69, 9.17) is 5.73 Å². The Kier molecular flexibility index (Phi) is 6.12. The number of hydrogen-bond acceptors (Lipinski definition) is 4. The van der Waals surface area contributed by atoms with E-state index in [2.05, 4.69) is 10.1 Å². The van der Waals surface area contributed by atoms with Crippen molar-refractivity contribution in [1.82, 2.24) is 19.7 Å². The number of aromatic nitrogens is 3. The first-order valence-corrected chi connectivity index (χ1v) is 7.66. The van der Waals surface area contributed by atoms with Gasteiger partial charge in [-0.25, -0.2) is 9.67 Å². The molecular formula is C16H22ClN5O. The zero-order chi connectivity index (χ0) is 15.4. The van der Waals surface area contributed by atoms with Gasteiger partial charge in [-0.1, -0.05) is 30.3 Å². The number of hydrogen-bond donors (Lipinski definition) is 1. The van der Waals surface area contributed by atoms with Gasteiger partial charge < -0.3 is 10.6 Å². The van der Waals surface area contributed by atoms with Gasteiger partial charge in [0.2, 0.25) is 5.91 Å². The van der Waals surface area contributed by atoms with Crippen LogP contribution in [-0.2, 0) is 11.2 Å². The summed E-state index contributed by atoms with van der Waals surface area (Å²) in [5.74, 6) is 0.0219. The summed E-state index contributed by atoms with van der Waals surface area (Å²) in [6.07, 6.45) is 5.80. The third-order valence-corrected chi connectivity index (χ3v) is 4.13. The van der Waals surface area contributed by atoms with Gasteiger partial charge in [0.15, 0.2) is 0 Å². The summed E-state index contributed by atoms with van der Waals surface area (Å²) in [7, 11) is 0. The van der Waals surface area contributed by atoms with Crippen LogP contribution in [0.1, 0.15) is 24.4 Å². The van der Waals surface area contributed by atoms with Crippen LogP contribution in [0.25, 0.3) is 0 Å². The van der Waals surface area contributed by atoms with Crippen molar-refractivity contribution in [3.05, 3.63) is 48.5 Å². The minimum Gasteiger partial charge on any atom is -0.339 e. The highest BCUT2D eigenvalue weighted by Gasteiger charge is 2.28. The summed E-state index contributed by atoms with van der Waals surface area (Å²) in [6.45, 7) is 1.43. The van der Waals surface area contributed by atoms with Crippen LogP contribution < -0.4 is 5.73 Å². The molecule has 1 aliphatic heterocycles. The molecule has 1 aliphatic rings. The molecule has 3 rings (SSSR count). The van der Waals surface area contributed by atoms with Crippen LogP contribution in [0.15, 0.2) is 43.0 Å². The lowest BCUT2D eigenvalue weighted by Gasteiger charge is -2.34. The molecule has 6 nitrogen and oxygen atoms in total. The second-order valence-electron chi connectivity index (χ2n) is 5.75. The molecular weight excluding hydrogens is 314 g/mol. The maximum atomic E-state index is 12.6. The molecule has 1 aromatic heterocycles. The number of carbonyl (C=O) groups is 1. The lowest BCUT2D eigenvalue weighted by atomic mass is 10.0. The zero-order valence-electron chi connectivity index (χ0n) is 12.9. The molecule has 1 fully saturated rings. The lowest BCUT2D eigenvalue weighted by Crippen LogP contribution is -2.49. The topological polar surface area (TPSA) is 77.0 Å². The van der Waals surface area contributed by atoms with Crippen molar-refractivity contribution >= 4 is 18.3 Å². The van der Waals surface area contributed by atoms with Gasteiger partial charge in [-0.15, -0.1) is 12.4 Å². The summed E-state index contributed by atoms with van der Waals surface area (Å²) < 4.78 is 1.84. The Morgan fingerprint density at radius 3 is 2.83 bits per heavy atom. The standard InChI is InChI=1S/C16H21N5O.ClH/c17-15(9-13-5-2-1-3-6-13)16(22)20-8-4-7-14(10-20)21-12-18-11-19-21;/h1-3,5-6,11-12,14-15H,4,7-10,17H2;1H/t14?,15-;/m0./s1. The highest BCUT2D eigenvalue weighted by atomic mass is 35.5. The van der Waals surface area contributed by atoms with Crippen LogP contribution >= 0.6 is 12.4 Å². The van der Waals surface area contributed by atoms with Gasteiger partial charge in [0.05, 0.1) is 12.1 Å². The Morgan fingerprint density at radius 1 is 1.35 bits per heavy atom. The normalized spacial score (nSPS) is 19.0. The molecule has 0 radical (unpaired) electrons. The molecule has 2 heterocycles. The SMILES string of the molecule is Cl.N[C@@H](Cc1ccccc1)C(=O)N1CCCC(n2cncn2)C1. The highest BCUT2D eigenvalue weighted by molar-refractivity contribution is 5.85. The van der Waals surface area contributed by atoms with Crippen LogP contribution in [0, 0.1) is 0 Å². The molecule has 1 amide bonds. The van der Waals surface area contributed by atoms with Crippen molar-refractivity contribution in [3.63, 3.8) is 0 Å². The fraction of sp³-hybridized carbons (Fsp3) is 0.438. The smallest absolute Gasteiger partial charge is 0.239 e. The van der Waals surface area contributed by atoms with Gasteiger partial charge >= 0.3 is 0 Å². The number of piperidine rings is 1. The predicted molar refractivity (Wildman–Crippen MR) is 90.2 cm³/mol. The fourth-order valence-corrected chi connectivity index (χ4v) is 2.97. The number of halogens is 1. The van der Waals surface area contributed by atoms with E-state index in [1.165, 1.54) is 6.33 Å². The van der Waals surface area contributed by atoms with Gasteiger partial charge in [-0.05, 0) is 24.8 Å². The third-order valence-electron chi connectivity index (χ3n) is 4.13. The molecule has 1 saturated heterocycles. The largest absolute Gasteiger partial charge is 0.339 e. The van der Waals surface area contributed by atoms with Crippen molar-refractivity contribution in [2.75, 3.05) is 13.1 Å². The molecule has 0 bridgehead atoms. The Bertz CT molecular complexity index is 604. The van der Waals surface area contributed by atoms with Crippen LogP contribution in [-0.4, -0.2) is 44.7 Å². The number of nitrogens with zero attached hydrogens (tertiary/aromatic N) is 4. The quantitative estimate of drug-likeness (QED) is 0.917. The average Bonchev–Trinajstić information content (AvgIpc) is 3.10. The van der Waals surface area contributed by atoms with E-state index in [1.54, 1.807) is 6.33 Å². The van der Waals surface area contributed by atoms with Gasteiger partial charge in [-0.3, -0.25) is 4.79 Å². The Labute approximate surface area is 142 Å². The third kappa shape index (κ3) is 4.30. The molecule has 23 heavy (non-hydrogen) atoms. The van der Waals surface area contributed by atoms with E-state index >= 15 is 0 Å². The number of rotatable bonds is 4. The highest BCUT2D eigenvalue weighted by Crippen LogP contribution is 2.21. The summed E-state index contributed by atoms with van der Waals surface area (Å²) in [4.78, 5) is 18.4. The van der Waals surface area contributed by atoms with Crippen LogP contribution in [0.3, 0.4) is 0 Å². The summed E-state index contributed by atoms with van der Waals surface area (Å²) >= 11 is 0. The van der Waals surface area contributed by atoms with Crippen LogP contribution in [0.2, 0.25) is 0 Å². The Balaban J connectivity index is 0.00000192. The first-order valence-electron chi connectivity index (χ1n) is 7.66. The van der Waals surface area contributed by atoms with Gasteiger partial charge in [-0.2, -0.15) is 5.10 Å². The second-order valence-corrected chi connectivity index (χ2v) is 5.75. The molecule has 1 aromatic carbocycles. The first-order chi connectivity index (χ1) is 10.7. The van der Waals surface area contributed by atoms with Crippen molar-refractivity contribution in [1.29, 1.82) is 0 Å². The molecule has 2 aromatic rings. The van der Waals surface area contributed by atoms with E-state index < -0.39 is 6.04 Å². The summed E-state index contributed by atoms with van der Waals surface area (Å²) in [6, 6.07) is 9.61. The monoisotopic (exact) mass is 335 g/mol. The van der Waals surface area contributed by atoms with Crippen LogP contribution in [0.5, 0.6) is 0 Å². The molecule has 7 heteroatoms. The molecule has 0 spiro atoms. The minimum absolute atomic E-state index is 0. The number of amides is 1. The number of likely N-dealkylation sites (tertiary alicyclic amines) is 1. The van der Waals surface area contributed by atoms with E-state index in [-0.39, 0.29) is 24.4 Å². The van der Waals surface area contributed by atoms with Gasteiger partial charge in [0, 0.05) is 13.1 Å².